The number of nitrogens with one attached hydrogen (secondary N) is 1. The van der Waals surface area contributed by atoms with Gasteiger partial charge in [-0.1, -0.05) is 54.7 Å². The van der Waals surface area contributed by atoms with E-state index in [1.165, 1.54) is 6.92 Å². The third-order valence-electron chi connectivity index (χ3n) is 3.47. The van der Waals surface area contributed by atoms with Crippen molar-refractivity contribution in [3.8, 4) is 5.75 Å². The maximum absolute atomic E-state index is 11.5. The van der Waals surface area contributed by atoms with Crippen LogP contribution in [0, 0.1) is 0 Å². The van der Waals surface area contributed by atoms with Crippen molar-refractivity contribution in [2.24, 2.45) is 0 Å². The Hall–Kier alpha value is -2.73. The Morgan fingerprint density at radius 3 is 2.28 bits per heavy atom. The smallest absolute Gasteiger partial charge is 0.326 e. The Kier molecular flexibility index (Phi) is 6.65. The third-order valence-corrected chi connectivity index (χ3v) is 3.73. The molecule has 2 aromatic carbocycles. The summed E-state index contributed by atoms with van der Waals surface area (Å²) in [6.45, 7) is 1.34. The number of rotatable bonds is 7. The zero-order valence-electron chi connectivity index (χ0n) is 13.8. The molecular formula is C19H19NO4S. The molecule has 0 bridgehead atoms. The van der Waals surface area contributed by atoms with Gasteiger partial charge in [0.15, 0.2) is 0 Å². The van der Waals surface area contributed by atoms with E-state index >= 15 is 0 Å². The van der Waals surface area contributed by atoms with Crippen molar-refractivity contribution in [1.29, 1.82) is 0 Å². The van der Waals surface area contributed by atoms with E-state index in [0.717, 1.165) is 11.1 Å². The fraction of sp³-hybridized carbons (Fsp3) is 0.211. The van der Waals surface area contributed by atoms with Crippen LogP contribution >= 0.6 is 12.2 Å². The molecule has 2 N–H and O–H groups in total. The molecule has 0 saturated carbocycles. The number of thiocarbonyl (C=S) groups is 1. The quantitative estimate of drug-likeness (QED) is 0.451. The highest BCUT2D eigenvalue weighted by molar-refractivity contribution is 7.80. The number of carboxylic acid groups (broad SMARTS) is 1. The number of aliphatic carboxylic acids is 1. The molecule has 0 aliphatic heterocycles. The Balaban J connectivity index is 1.94. The van der Waals surface area contributed by atoms with E-state index in [9.17, 15) is 14.7 Å². The second-order valence-corrected chi connectivity index (χ2v) is 6.06. The molecule has 0 unspecified atom stereocenters. The Labute approximate surface area is 151 Å². The van der Waals surface area contributed by atoms with Gasteiger partial charge in [0, 0.05) is 19.8 Å². The summed E-state index contributed by atoms with van der Waals surface area (Å²) in [6, 6.07) is 15.6. The van der Waals surface area contributed by atoms with Crippen LogP contribution in [-0.2, 0) is 22.4 Å². The first-order valence-electron chi connectivity index (χ1n) is 7.77. The summed E-state index contributed by atoms with van der Waals surface area (Å²) in [5, 5.41) is 12.3. The van der Waals surface area contributed by atoms with E-state index in [0.29, 0.717) is 23.6 Å². The number of hydrogen-bond acceptors (Lipinski definition) is 4. The lowest BCUT2D eigenvalue weighted by Gasteiger charge is -2.16. The van der Waals surface area contributed by atoms with Crippen LogP contribution in [0.5, 0.6) is 5.75 Å². The number of carboxylic acids is 1. The molecule has 0 fully saturated rings. The highest BCUT2D eigenvalue weighted by Crippen LogP contribution is 2.13. The van der Waals surface area contributed by atoms with Crippen molar-refractivity contribution in [1.82, 2.24) is 5.32 Å². The van der Waals surface area contributed by atoms with Crippen molar-refractivity contribution in [2.45, 2.75) is 25.8 Å². The minimum absolute atomic E-state index is 0.349. The van der Waals surface area contributed by atoms with Gasteiger partial charge in [0.1, 0.15) is 11.8 Å². The van der Waals surface area contributed by atoms with E-state index < -0.39 is 12.0 Å². The van der Waals surface area contributed by atoms with Gasteiger partial charge in [-0.2, -0.15) is 0 Å². The summed E-state index contributed by atoms with van der Waals surface area (Å²) in [6.07, 6.45) is 0.760. The highest BCUT2D eigenvalue weighted by Gasteiger charge is 2.18. The molecule has 0 amide bonds. The van der Waals surface area contributed by atoms with Crippen molar-refractivity contribution >= 4 is 29.1 Å². The van der Waals surface area contributed by atoms with Gasteiger partial charge in [-0.15, -0.1) is 0 Å². The normalized spacial score (nSPS) is 11.4. The lowest BCUT2D eigenvalue weighted by Crippen LogP contribution is -2.42. The summed E-state index contributed by atoms with van der Waals surface area (Å²) < 4.78 is 4.97. The SMILES string of the molecule is CC(=O)Oc1ccc(CC(=S)N[C@@H](Cc2ccccc2)C(=O)O)cc1. The number of benzene rings is 2. The molecule has 1 atom stereocenters. The predicted molar refractivity (Wildman–Crippen MR) is 98.8 cm³/mol. The largest absolute Gasteiger partial charge is 0.480 e. The molecule has 0 radical (unpaired) electrons. The molecule has 0 saturated heterocycles. The van der Waals surface area contributed by atoms with Crippen LogP contribution in [0.2, 0.25) is 0 Å². The third kappa shape index (κ3) is 6.35. The lowest BCUT2D eigenvalue weighted by atomic mass is 10.1. The number of carbonyl (C=O) groups is 2. The Morgan fingerprint density at radius 1 is 1.08 bits per heavy atom. The molecule has 2 rings (SSSR count). The molecule has 0 spiro atoms. The van der Waals surface area contributed by atoms with Crippen LogP contribution in [0.1, 0.15) is 18.1 Å². The average molecular weight is 357 g/mol. The fourth-order valence-corrected chi connectivity index (χ4v) is 2.63. The number of carbonyl (C=O) groups excluding carboxylic acids is 1. The second-order valence-electron chi connectivity index (χ2n) is 5.56. The number of esters is 1. The lowest BCUT2D eigenvalue weighted by molar-refractivity contribution is -0.139. The van der Waals surface area contributed by atoms with Gasteiger partial charge in [0.2, 0.25) is 0 Å². The van der Waals surface area contributed by atoms with E-state index in [-0.39, 0.29) is 5.97 Å². The molecular weight excluding hydrogens is 338 g/mol. The standard InChI is InChI=1S/C19H19NO4S/c1-13(21)24-16-9-7-15(8-10-16)12-18(25)20-17(19(22)23)11-14-5-3-2-4-6-14/h2-10,17H,11-12H2,1H3,(H,20,25)(H,22,23)/t17-/m0/s1. The molecule has 0 aliphatic carbocycles. The van der Waals surface area contributed by atoms with Crippen molar-refractivity contribution in [3.63, 3.8) is 0 Å². The average Bonchev–Trinajstić information content (AvgIpc) is 2.56. The first-order valence-corrected chi connectivity index (χ1v) is 8.18. The van der Waals surface area contributed by atoms with Crippen molar-refractivity contribution in [2.75, 3.05) is 0 Å². The van der Waals surface area contributed by atoms with E-state index in [4.69, 9.17) is 17.0 Å². The monoisotopic (exact) mass is 357 g/mol. The summed E-state index contributed by atoms with van der Waals surface area (Å²) in [7, 11) is 0. The first-order chi connectivity index (χ1) is 11.9. The summed E-state index contributed by atoms with van der Waals surface area (Å²) in [4.78, 5) is 22.8. The molecule has 130 valence electrons. The number of hydrogen-bond donors (Lipinski definition) is 2. The number of ether oxygens (including phenoxy) is 1. The van der Waals surface area contributed by atoms with Crippen LogP contribution in [0.4, 0.5) is 0 Å². The predicted octanol–water partition coefficient (Wildman–Crippen LogP) is 2.77. The molecule has 25 heavy (non-hydrogen) atoms. The fourth-order valence-electron chi connectivity index (χ4n) is 2.32. The Morgan fingerprint density at radius 2 is 1.72 bits per heavy atom. The minimum atomic E-state index is -0.948. The maximum Gasteiger partial charge on any atom is 0.326 e. The molecule has 0 aliphatic rings. The van der Waals surface area contributed by atoms with Crippen LogP contribution in [0.15, 0.2) is 54.6 Å². The van der Waals surface area contributed by atoms with Gasteiger partial charge in [-0.25, -0.2) is 4.79 Å². The summed E-state index contributed by atoms with van der Waals surface area (Å²) >= 11 is 5.29. The van der Waals surface area contributed by atoms with Gasteiger partial charge in [-0.3, -0.25) is 4.79 Å². The van der Waals surface area contributed by atoms with Crippen LogP contribution in [-0.4, -0.2) is 28.1 Å². The minimum Gasteiger partial charge on any atom is -0.480 e. The van der Waals surface area contributed by atoms with Gasteiger partial charge in [0.05, 0.1) is 4.99 Å². The highest BCUT2D eigenvalue weighted by atomic mass is 32.1. The summed E-state index contributed by atoms with van der Waals surface area (Å²) in [5.74, 6) is -0.867. The molecule has 5 nitrogen and oxygen atoms in total. The van der Waals surface area contributed by atoms with E-state index in [2.05, 4.69) is 5.32 Å². The zero-order chi connectivity index (χ0) is 18.2. The van der Waals surface area contributed by atoms with Gasteiger partial charge >= 0.3 is 11.9 Å². The van der Waals surface area contributed by atoms with Crippen LogP contribution in [0.25, 0.3) is 0 Å². The molecule has 0 aromatic heterocycles. The van der Waals surface area contributed by atoms with E-state index in [1.54, 1.807) is 24.3 Å². The van der Waals surface area contributed by atoms with Gasteiger partial charge < -0.3 is 15.2 Å². The van der Waals surface area contributed by atoms with E-state index in [1.807, 2.05) is 30.3 Å². The maximum atomic E-state index is 11.5. The van der Waals surface area contributed by atoms with Crippen LogP contribution < -0.4 is 10.1 Å². The first kappa shape index (κ1) is 18.6. The molecule has 2 aromatic rings. The topological polar surface area (TPSA) is 75.6 Å². The second kappa shape index (κ2) is 8.94. The van der Waals surface area contributed by atoms with Gasteiger partial charge in [0.25, 0.3) is 0 Å². The zero-order valence-corrected chi connectivity index (χ0v) is 14.6. The van der Waals surface area contributed by atoms with Crippen molar-refractivity contribution < 1.29 is 19.4 Å². The Bertz CT molecular complexity index is 744. The van der Waals surface area contributed by atoms with Gasteiger partial charge in [-0.05, 0) is 23.3 Å². The molecule has 0 heterocycles. The van der Waals surface area contributed by atoms with Crippen LogP contribution in [0.3, 0.4) is 0 Å². The summed E-state index contributed by atoms with van der Waals surface area (Å²) in [5.41, 5.74) is 1.83. The molecule has 6 heteroatoms. The van der Waals surface area contributed by atoms with Crippen molar-refractivity contribution in [3.05, 3.63) is 65.7 Å².